The lowest BCUT2D eigenvalue weighted by Crippen LogP contribution is -2.21. The number of carboxylic acid groups (broad SMARTS) is 1. The van der Waals surface area contributed by atoms with Gasteiger partial charge in [0.15, 0.2) is 5.78 Å². The van der Waals surface area contributed by atoms with E-state index in [0.717, 1.165) is 5.56 Å². The topological polar surface area (TPSA) is 77.8 Å². The number of carbonyl (C=O) groups excluding carboxylic acids is 1. The Bertz CT molecular complexity index is 1030. The van der Waals surface area contributed by atoms with Gasteiger partial charge in [0.05, 0.1) is 16.8 Å². The van der Waals surface area contributed by atoms with Gasteiger partial charge in [0, 0.05) is 23.9 Å². The maximum Gasteiger partial charge on any atom is 0.336 e. The van der Waals surface area contributed by atoms with Crippen molar-refractivity contribution in [3.05, 3.63) is 89.0 Å². The van der Waals surface area contributed by atoms with E-state index < -0.39 is 5.97 Å². The van der Waals surface area contributed by atoms with Gasteiger partial charge in [-0.1, -0.05) is 42.5 Å². The SMILES string of the molecule is CCN(c1ccc(C)c(O)c1)c1cccc(C(=O)O)c1C(=O)c1ccccc1. The molecule has 142 valence electrons. The number of ketones is 1. The second-order valence-electron chi connectivity index (χ2n) is 6.42. The lowest BCUT2D eigenvalue weighted by atomic mass is 9.95. The van der Waals surface area contributed by atoms with Crippen molar-refractivity contribution < 1.29 is 19.8 Å². The molecule has 3 rings (SSSR count). The molecule has 0 saturated heterocycles. The van der Waals surface area contributed by atoms with Crippen LogP contribution >= 0.6 is 0 Å². The molecule has 5 heteroatoms. The van der Waals surface area contributed by atoms with Crippen LogP contribution in [0.1, 0.15) is 38.8 Å². The van der Waals surface area contributed by atoms with Crippen LogP contribution in [0.2, 0.25) is 0 Å². The van der Waals surface area contributed by atoms with Crippen LogP contribution in [0.5, 0.6) is 5.75 Å². The monoisotopic (exact) mass is 375 g/mol. The van der Waals surface area contributed by atoms with E-state index in [1.54, 1.807) is 61.5 Å². The smallest absolute Gasteiger partial charge is 0.336 e. The Hall–Kier alpha value is -3.60. The number of nitrogens with zero attached hydrogens (tertiary/aromatic N) is 1. The quantitative estimate of drug-likeness (QED) is 0.606. The molecule has 0 saturated carbocycles. The highest BCUT2D eigenvalue weighted by atomic mass is 16.4. The number of carboxylic acids is 1. The molecule has 5 nitrogen and oxygen atoms in total. The lowest BCUT2D eigenvalue weighted by Gasteiger charge is -2.26. The average molecular weight is 375 g/mol. The minimum atomic E-state index is -1.16. The fourth-order valence-electron chi connectivity index (χ4n) is 3.17. The molecule has 0 amide bonds. The number of benzene rings is 3. The molecule has 2 N–H and O–H groups in total. The number of phenolic OH excluding ortho intramolecular Hbond substituents is 1. The minimum Gasteiger partial charge on any atom is -0.508 e. The Balaban J connectivity index is 2.22. The Morgan fingerprint density at radius 3 is 2.29 bits per heavy atom. The van der Waals surface area contributed by atoms with Gasteiger partial charge in [-0.15, -0.1) is 0 Å². The molecule has 3 aromatic rings. The molecule has 3 aromatic carbocycles. The average Bonchev–Trinajstić information content (AvgIpc) is 2.71. The van der Waals surface area contributed by atoms with Crippen molar-refractivity contribution in [3.63, 3.8) is 0 Å². The number of aromatic carboxylic acids is 1. The number of aryl methyl sites for hydroxylation is 1. The molecule has 0 aliphatic rings. The summed E-state index contributed by atoms with van der Waals surface area (Å²) in [5.41, 5.74) is 2.39. The number of aromatic hydroxyl groups is 1. The van der Waals surface area contributed by atoms with Gasteiger partial charge in [0.25, 0.3) is 0 Å². The van der Waals surface area contributed by atoms with Crippen molar-refractivity contribution in [2.75, 3.05) is 11.4 Å². The zero-order valence-corrected chi connectivity index (χ0v) is 15.7. The maximum atomic E-state index is 13.2. The van der Waals surface area contributed by atoms with E-state index in [1.807, 2.05) is 17.9 Å². The Morgan fingerprint density at radius 2 is 1.68 bits per heavy atom. The number of phenols is 1. The van der Waals surface area contributed by atoms with Crippen LogP contribution in [0.25, 0.3) is 0 Å². The number of hydrogen-bond acceptors (Lipinski definition) is 4. The second-order valence-corrected chi connectivity index (χ2v) is 6.42. The number of hydrogen-bond donors (Lipinski definition) is 2. The maximum absolute atomic E-state index is 13.2. The Kier molecular flexibility index (Phi) is 5.45. The summed E-state index contributed by atoms with van der Waals surface area (Å²) in [4.78, 5) is 26.9. The van der Waals surface area contributed by atoms with Crippen LogP contribution in [0, 0.1) is 6.92 Å². The predicted octanol–water partition coefficient (Wildman–Crippen LogP) is 4.79. The zero-order chi connectivity index (χ0) is 20.3. The highest BCUT2D eigenvalue weighted by Gasteiger charge is 2.25. The molecule has 0 spiro atoms. The normalized spacial score (nSPS) is 10.5. The molecule has 0 heterocycles. The third-order valence-electron chi connectivity index (χ3n) is 4.65. The summed E-state index contributed by atoms with van der Waals surface area (Å²) in [5.74, 6) is -1.38. The van der Waals surface area contributed by atoms with E-state index in [0.29, 0.717) is 23.5 Å². The van der Waals surface area contributed by atoms with Crippen LogP contribution in [-0.2, 0) is 0 Å². The number of carbonyl (C=O) groups is 2. The molecular formula is C23H21NO4. The first kappa shape index (κ1) is 19.2. The van der Waals surface area contributed by atoms with Gasteiger partial charge < -0.3 is 15.1 Å². The summed E-state index contributed by atoms with van der Waals surface area (Å²) in [5, 5.41) is 19.8. The lowest BCUT2D eigenvalue weighted by molar-refractivity contribution is 0.0693. The summed E-state index contributed by atoms with van der Waals surface area (Å²) >= 11 is 0. The first-order chi connectivity index (χ1) is 13.4. The highest BCUT2D eigenvalue weighted by Crippen LogP contribution is 2.34. The van der Waals surface area contributed by atoms with Crippen LogP contribution in [0.15, 0.2) is 66.7 Å². The largest absolute Gasteiger partial charge is 0.508 e. The third-order valence-corrected chi connectivity index (χ3v) is 4.65. The molecule has 0 atom stereocenters. The van der Waals surface area contributed by atoms with Crippen molar-refractivity contribution in [2.45, 2.75) is 13.8 Å². The Labute approximate surface area is 163 Å². The molecule has 0 bridgehead atoms. The van der Waals surface area contributed by atoms with Crippen LogP contribution in [0.3, 0.4) is 0 Å². The van der Waals surface area contributed by atoms with Gasteiger partial charge in [-0.3, -0.25) is 4.79 Å². The Morgan fingerprint density at radius 1 is 0.964 bits per heavy atom. The minimum absolute atomic E-state index is 0.0545. The number of anilines is 2. The summed E-state index contributed by atoms with van der Waals surface area (Å²) in [7, 11) is 0. The van der Waals surface area contributed by atoms with Crippen molar-refractivity contribution in [1.82, 2.24) is 0 Å². The van der Waals surface area contributed by atoms with Crippen LogP contribution in [-0.4, -0.2) is 28.5 Å². The van der Waals surface area contributed by atoms with E-state index in [2.05, 4.69) is 0 Å². The van der Waals surface area contributed by atoms with Crippen molar-refractivity contribution in [1.29, 1.82) is 0 Å². The van der Waals surface area contributed by atoms with Crippen molar-refractivity contribution in [2.24, 2.45) is 0 Å². The van der Waals surface area contributed by atoms with Gasteiger partial charge >= 0.3 is 5.97 Å². The summed E-state index contributed by atoms with van der Waals surface area (Å²) < 4.78 is 0. The van der Waals surface area contributed by atoms with Crippen molar-refractivity contribution >= 4 is 23.1 Å². The molecule has 28 heavy (non-hydrogen) atoms. The van der Waals surface area contributed by atoms with Gasteiger partial charge in [0.2, 0.25) is 0 Å². The standard InChI is InChI=1S/C23H21NO4/c1-3-24(17-13-12-15(2)20(25)14-17)19-11-7-10-18(23(27)28)21(19)22(26)16-8-5-4-6-9-16/h4-14,25H,3H2,1-2H3,(H,27,28). The molecular weight excluding hydrogens is 354 g/mol. The molecule has 0 aliphatic heterocycles. The second kappa shape index (κ2) is 7.96. The molecule has 0 aromatic heterocycles. The predicted molar refractivity (Wildman–Crippen MR) is 109 cm³/mol. The molecule has 0 aliphatic carbocycles. The number of rotatable bonds is 6. The molecule has 0 fully saturated rings. The third kappa shape index (κ3) is 3.60. The van der Waals surface area contributed by atoms with Crippen LogP contribution in [0.4, 0.5) is 11.4 Å². The fraction of sp³-hybridized carbons (Fsp3) is 0.130. The van der Waals surface area contributed by atoms with E-state index >= 15 is 0 Å². The fourth-order valence-corrected chi connectivity index (χ4v) is 3.17. The van der Waals surface area contributed by atoms with E-state index in [4.69, 9.17) is 0 Å². The van der Waals surface area contributed by atoms with Gasteiger partial charge in [-0.05, 0) is 37.6 Å². The molecule has 0 unspecified atom stereocenters. The summed E-state index contributed by atoms with van der Waals surface area (Å²) in [6, 6.07) is 18.6. The van der Waals surface area contributed by atoms with E-state index in [9.17, 15) is 19.8 Å². The highest BCUT2D eigenvalue weighted by molar-refractivity contribution is 6.17. The van der Waals surface area contributed by atoms with Crippen molar-refractivity contribution in [3.8, 4) is 5.75 Å². The molecule has 0 radical (unpaired) electrons. The first-order valence-electron chi connectivity index (χ1n) is 8.97. The van der Waals surface area contributed by atoms with E-state index in [1.165, 1.54) is 6.07 Å². The zero-order valence-electron chi connectivity index (χ0n) is 15.7. The van der Waals surface area contributed by atoms with Gasteiger partial charge in [-0.25, -0.2) is 4.79 Å². The summed E-state index contributed by atoms with van der Waals surface area (Å²) in [6.45, 7) is 4.19. The van der Waals surface area contributed by atoms with Gasteiger partial charge in [-0.2, -0.15) is 0 Å². The van der Waals surface area contributed by atoms with Crippen LogP contribution < -0.4 is 4.90 Å². The van der Waals surface area contributed by atoms with Gasteiger partial charge in [0.1, 0.15) is 5.75 Å². The van der Waals surface area contributed by atoms with E-state index in [-0.39, 0.29) is 22.7 Å². The first-order valence-corrected chi connectivity index (χ1v) is 8.97. The summed E-state index contributed by atoms with van der Waals surface area (Å²) in [6.07, 6.45) is 0.